The van der Waals surface area contributed by atoms with Crippen molar-refractivity contribution in [2.45, 2.75) is 25.8 Å². The normalized spacial score (nSPS) is 16.9. The Hall–Kier alpha value is -1.61. The van der Waals surface area contributed by atoms with E-state index in [1.165, 1.54) is 43.6 Å². The lowest BCUT2D eigenvalue weighted by Gasteiger charge is -2.25. The SMILES string of the molecule is c1ccc(-c2cc(CN3CCCCC3)[nH]n2)cc1. The van der Waals surface area contributed by atoms with Crippen LogP contribution in [0.3, 0.4) is 0 Å². The van der Waals surface area contributed by atoms with Gasteiger partial charge in [-0.15, -0.1) is 0 Å². The van der Waals surface area contributed by atoms with E-state index >= 15 is 0 Å². The highest BCUT2D eigenvalue weighted by atomic mass is 15.2. The van der Waals surface area contributed by atoms with Gasteiger partial charge in [-0.3, -0.25) is 10.00 Å². The molecule has 1 aromatic carbocycles. The summed E-state index contributed by atoms with van der Waals surface area (Å²) in [4.78, 5) is 2.51. The molecule has 3 rings (SSSR count). The predicted octanol–water partition coefficient (Wildman–Crippen LogP) is 3.06. The molecule has 0 radical (unpaired) electrons. The Labute approximate surface area is 108 Å². The van der Waals surface area contributed by atoms with Crippen molar-refractivity contribution in [1.29, 1.82) is 0 Å². The van der Waals surface area contributed by atoms with Crippen LogP contribution in [0.15, 0.2) is 36.4 Å². The van der Waals surface area contributed by atoms with E-state index in [0.29, 0.717) is 0 Å². The molecule has 2 heterocycles. The number of nitrogens with zero attached hydrogens (tertiary/aromatic N) is 2. The van der Waals surface area contributed by atoms with Crippen LogP contribution in [0.25, 0.3) is 11.3 Å². The Kier molecular flexibility index (Phi) is 3.42. The Balaban J connectivity index is 1.69. The fraction of sp³-hybridized carbons (Fsp3) is 0.400. The average molecular weight is 241 g/mol. The van der Waals surface area contributed by atoms with E-state index < -0.39 is 0 Å². The largest absolute Gasteiger partial charge is 0.298 e. The average Bonchev–Trinajstić information content (AvgIpc) is 2.89. The number of H-pyrrole nitrogens is 1. The van der Waals surface area contributed by atoms with Crippen molar-refractivity contribution in [2.75, 3.05) is 13.1 Å². The van der Waals surface area contributed by atoms with Crippen LogP contribution in [0.2, 0.25) is 0 Å². The maximum Gasteiger partial charge on any atom is 0.0924 e. The summed E-state index contributed by atoms with van der Waals surface area (Å²) >= 11 is 0. The number of piperidine rings is 1. The molecule has 1 fully saturated rings. The molecule has 3 nitrogen and oxygen atoms in total. The van der Waals surface area contributed by atoms with E-state index in [1.54, 1.807) is 0 Å². The van der Waals surface area contributed by atoms with Gasteiger partial charge in [-0.2, -0.15) is 5.10 Å². The van der Waals surface area contributed by atoms with E-state index in [4.69, 9.17) is 0 Å². The second-order valence-corrected chi connectivity index (χ2v) is 4.98. The molecule has 0 spiro atoms. The molecule has 0 amide bonds. The third-order valence-corrected chi connectivity index (χ3v) is 3.54. The summed E-state index contributed by atoms with van der Waals surface area (Å²) in [6.45, 7) is 3.44. The van der Waals surface area contributed by atoms with Crippen LogP contribution in [0.4, 0.5) is 0 Å². The number of rotatable bonds is 3. The van der Waals surface area contributed by atoms with Gasteiger partial charge in [0.25, 0.3) is 0 Å². The van der Waals surface area contributed by atoms with Crippen LogP contribution in [-0.4, -0.2) is 28.2 Å². The zero-order valence-electron chi connectivity index (χ0n) is 10.6. The minimum absolute atomic E-state index is 1.000. The topological polar surface area (TPSA) is 31.9 Å². The van der Waals surface area contributed by atoms with Crippen molar-refractivity contribution >= 4 is 0 Å². The third-order valence-electron chi connectivity index (χ3n) is 3.54. The van der Waals surface area contributed by atoms with Gasteiger partial charge in [0, 0.05) is 17.8 Å². The summed E-state index contributed by atoms with van der Waals surface area (Å²) in [6.07, 6.45) is 4.05. The van der Waals surface area contributed by atoms with Crippen molar-refractivity contribution in [3.05, 3.63) is 42.1 Å². The van der Waals surface area contributed by atoms with E-state index in [2.05, 4.69) is 33.3 Å². The molecule has 1 N–H and O–H groups in total. The minimum atomic E-state index is 1.000. The first kappa shape index (κ1) is 11.5. The van der Waals surface area contributed by atoms with Gasteiger partial charge < -0.3 is 0 Å². The fourth-order valence-corrected chi connectivity index (χ4v) is 2.56. The standard InChI is InChI=1S/C15H19N3/c1-3-7-13(8-4-1)15-11-14(16-17-15)12-18-9-5-2-6-10-18/h1,3-4,7-8,11H,2,5-6,9-10,12H2,(H,16,17). The molecule has 1 aromatic heterocycles. The highest BCUT2D eigenvalue weighted by Gasteiger charge is 2.12. The molecule has 0 unspecified atom stereocenters. The number of likely N-dealkylation sites (tertiary alicyclic amines) is 1. The third kappa shape index (κ3) is 2.62. The van der Waals surface area contributed by atoms with Crippen molar-refractivity contribution in [1.82, 2.24) is 15.1 Å². The van der Waals surface area contributed by atoms with Gasteiger partial charge >= 0.3 is 0 Å². The first-order valence-electron chi connectivity index (χ1n) is 6.74. The van der Waals surface area contributed by atoms with Gasteiger partial charge in [-0.25, -0.2) is 0 Å². The zero-order valence-corrected chi connectivity index (χ0v) is 10.6. The molecule has 0 aliphatic carbocycles. The van der Waals surface area contributed by atoms with Crippen LogP contribution >= 0.6 is 0 Å². The molecule has 0 saturated carbocycles. The van der Waals surface area contributed by atoms with Gasteiger partial charge in [0.05, 0.1) is 5.69 Å². The maximum atomic E-state index is 4.40. The number of nitrogens with one attached hydrogen (secondary N) is 1. The fourth-order valence-electron chi connectivity index (χ4n) is 2.56. The number of hydrogen-bond donors (Lipinski definition) is 1. The predicted molar refractivity (Wildman–Crippen MR) is 73.2 cm³/mol. The van der Waals surface area contributed by atoms with E-state index in [0.717, 1.165) is 12.2 Å². The minimum Gasteiger partial charge on any atom is -0.298 e. The molecule has 3 heteroatoms. The van der Waals surface area contributed by atoms with Crippen molar-refractivity contribution in [3.63, 3.8) is 0 Å². The van der Waals surface area contributed by atoms with Gasteiger partial charge in [-0.1, -0.05) is 36.8 Å². The summed E-state index contributed by atoms with van der Waals surface area (Å²) in [7, 11) is 0. The zero-order chi connectivity index (χ0) is 12.2. The molecule has 1 aliphatic rings. The molecule has 0 atom stereocenters. The van der Waals surface area contributed by atoms with E-state index in [1.807, 2.05) is 18.2 Å². The van der Waals surface area contributed by atoms with Crippen LogP contribution in [0.1, 0.15) is 25.0 Å². The quantitative estimate of drug-likeness (QED) is 0.895. The molecule has 0 bridgehead atoms. The number of aromatic nitrogens is 2. The number of hydrogen-bond acceptors (Lipinski definition) is 2. The van der Waals surface area contributed by atoms with Crippen molar-refractivity contribution < 1.29 is 0 Å². The van der Waals surface area contributed by atoms with E-state index in [9.17, 15) is 0 Å². The highest BCUT2D eigenvalue weighted by Crippen LogP contribution is 2.18. The van der Waals surface area contributed by atoms with Crippen LogP contribution in [0, 0.1) is 0 Å². The lowest BCUT2D eigenvalue weighted by molar-refractivity contribution is 0.218. The Morgan fingerprint density at radius 2 is 1.83 bits per heavy atom. The Bertz CT molecular complexity index is 483. The Morgan fingerprint density at radius 1 is 1.06 bits per heavy atom. The molecule has 18 heavy (non-hydrogen) atoms. The summed E-state index contributed by atoms with van der Waals surface area (Å²) < 4.78 is 0. The van der Waals surface area contributed by atoms with Crippen LogP contribution in [-0.2, 0) is 6.54 Å². The summed E-state index contributed by atoms with van der Waals surface area (Å²) in [5.41, 5.74) is 3.44. The monoisotopic (exact) mass is 241 g/mol. The first-order valence-corrected chi connectivity index (χ1v) is 6.74. The first-order chi connectivity index (χ1) is 8.92. The second kappa shape index (κ2) is 5.36. The van der Waals surface area contributed by atoms with E-state index in [-0.39, 0.29) is 0 Å². The molecular weight excluding hydrogens is 222 g/mol. The van der Waals surface area contributed by atoms with Gasteiger partial charge in [-0.05, 0) is 32.0 Å². The molecule has 1 aliphatic heterocycles. The smallest absolute Gasteiger partial charge is 0.0924 e. The highest BCUT2D eigenvalue weighted by molar-refractivity contribution is 5.58. The van der Waals surface area contributed by atoms with Gasteiger partial charge in [0.2, 0.25) is 0 Å². The number of benzene rings is 1. The lowest BCUT2D eigenvalue weighted by atomic mass is 10.1. The Morgan fingerprint density at radius 3 is 2.61 bits per heavy atom. The molecule has 1 saturated heterocycles. The van der Waals surface area contributed by atoms with Gasteiger partial charge in [0.1, 0.15) is 0 Å². The van der Waals surface area contributed by atoms with Crippen LogP contribution in [0.5, 0.6) is 0 Å². The summed E-state index contributed by atoms with van der Waals surface area (Å²) in [6, 6.07) is 12.5. The number of aromatic amines is 1. The summed E-state index contributed by atoms with van der Waals surface area (Å²) in [5, 5.41) is 7.56. The molecule has 94 valence electrons. The maximum absolute atomic E-state index is 4.40. The van der Waals surface area contributed by atoms with Crippen molar-refractivity contribution in [3.8, 4) is 11.3 Å². The summed E-state index contributed by atoms with van der Waals surface area (Å²) in [5.74, 6) is 0. The molecular formula is C15H19N3. The molecule has 2 aromatic rings. The van der Waals surface area contributed by atoms with Gasteiger partial charge in [0.15, 0.2) is 0 Å². The second-order valence-electron chi connectivity index (χ2n) is 4.98. The van der Waals surface area contributed by atoms with Crippen LogP contribution < -0.4 is 0 Å². The lowest BCUT2D eigenvalue weighted by Crippen LogP contribution is -2.29. The van der Waals surface area contributed by atoms with Crippen molar-refractivity contribution in [2.24, 2.45) is 0 Å².